The zero-order valence-corrected chi connectivity index (χ0v) is 17.6. The van der Waals surface area contributed by atoms with Crippen molar-refractivity contribution >= 4 is 0 Å². The van der Waals surface area contributed by atoms with Crippen LogP contribution in [0, 0.1) is 0 Å². The van der Waals surface area contributed by atoms with Gasteiger partial charge in [0.25, 0.3) is 0 Å². The van der Waals surface area contributed by atoms with Crippen molar-refractivity contribution < 1.29 is 9.47 Å². The molecule has 2 fully saturated rings. The van der Waals surface area contributed by atoms with Gasteiger partial charge in [-0.1, -0.05) is 18.2 Å². The summed E-state index contributed by atoms with van der Waals surface area (Å²) in [6.45, 7) is 4.42. The van der Waals surface area contributed by atoms with E-state index in [2.05, 4.69) is 59.3 Å². The molecule has 0 bridgehead atoms. The Morgan fingerprint density at radius 1 is 0.897 bits per heavy atom. The monoisotopic (exact) mass is 392 g/mol. The average Bonchev–Trinajstić information content (AvgIpc) is 3.59. The summed E-state index contributed by atoms with van der Waals surface area (Å²) < 4.78 is 11.7. The van der Waals surface area contributed by atoms with Gasteiger partial charge in [0.05, 0.1) is 7.11 Å². The maximum atomic E-state index is 6.41. The molecule has 2 aromatic carbocycles. The number of likely N-dealkylation sites (tertiary alicyclic amines) is 1. The van der Waals surface area contributed by atoms with Crippen LogP contribution in [0.2, 0.25) is 0 Å². The SMILES string of the molecule is COc1ccc(C2CN(C)Cc3cc(OC4CCN(C5CC5)CC4)ccc32)cc1. The minimum atomic E-state index is 0.363. The lowest BCUT2D eigenvalue weighted by Gasteiger charge is -2.34. The maximum absolute atomic E-state index is 6.41. The van der Waals surface area contributed by atoms with Crippen LogP contribution in [0.25, 0.3) is 0 Å². The molecule has 1 unspecified atom stereocenters. The molecule has 0 spiro atoms. The third-order valence-corrected chi connectivity index (χ3v) is 6.79. The molecule has 2 aliphatic heterocycles. The molecule has 0 aromatic heterocycles. The molecule has 1 aliphatic carbocycles. The van der Waals surface area contributed by atoms with Crippen LogP contribution in [0.15, 0.2) is 42.5 Å². The van der Waals surface area contributed by atoms with Crippen molar-refractivity contribution in [1.82, 2.24) is 9.80 Å². The summed E-state index contributed by atoms with van der Waals surface area (Å²) in [5.41, 5.74) is 4.18. The summed E-state index contributed by atoms with van der Waals surface area (Å²) in [5.74, 6) is 2.34. The van der Waals surface area contributed by atoms with Crippen molar-refractivity contribution in [1.29, 1.82) is 0 Å². The molecule has 1 saturated heterocycles. The first-order valence-corrected chi connectivity index (χ1v) is 11.1. The molecule has 5 rings (SSSR count). The van der Waals surface area contributed by atoms with E-state index in [1.54, 1.807) is 7.11 Å². The molecule has 0 amide bonds. The van der Waals surface area contributed by atoms with Gasteiger partial charge in [-0.25, -0.2) is 0 Å². The maximum Gasteiger partial charge on any atom is 0.120 e. The summed E-state index contributed by atoms with van der Waals surface area (Å²) in [5, 5.41) is 0. The number of methoxy groups -OCH3 is 1. The van der Waals surface area contributed by atoms with Gasteiger partial charge in [0.15, 0.2) is 0 Å². The molecular formula is C25H32N2O2. The lowest BCUT2D eigenvalue weighted by Crippen LogP contribution is -2.39. The lowest BCUT2D eigenvalue weighted by atomic mass is 9.84. The zero-order valence-electron chi connectivity index (χ0n) is 17.6. The second-order valence-electron chi connectivity index (χ2n) is 8.97. The van der Waals surface area contributed by atoms with E-state index in [4.69, 9.17) is 9.47 Å². The fraction of sp³-hybridized carbons (Fsp3) is 0.520. The second-order valence-corrected chi connectivity index (χ2v) is 8.97. The molecule has 1 atom stereocenters. The Morgan fingerprint density at radius 2 is 1.62 bits per heavy atom. The lowest BCUT2D eigenvalue weighted by molar-refractivity contribution is 0.0963. The normalized spacial score (nSPS) is 23.6. The van der Waals surface area contributed by atoms with E-state index in [-0.39, 0.29) is 0 Å². The van der Waals surface area contributed by atoms with Crippen molar-refractivity contribution in [3.05, 3.63) is 59.2 Å². The Hall–Kier alpha value is -2.04. The van der Waals surface area contributed by atoms with Gasteiger partial charge in [0.1, 0.15) is 17.6 Å². The summed E-state index contributed by atoms with van der Waals surface area (Å²) in [7, 11) is 3.93. The molecule has 3 aliphatic rings. The van der Waals surface area contributed by atoms with Crippen molar-refractivity contribution in [2.75, 3.05) is 33.8 Å². The van der Waals surface area contributed by atoms with E-state index in [1.165, 1.54) is 42.6 Å². The van der Waals surface area contributed by atoms with Crippen LogP contribution in [0.1, 0.15) is 48.3 Å². The van der Waals surface area contributed by atoms with Crippen LogP contribution in [0.5, 0.6) is 11.5 Å². The predicted molar refractivity (Wildman–Crippen MR) is 116 cm³/mol. The molecule has 2 heterocycles. The fourth-order valence-corrected chi connectivity index (χ4v) is 5.01. The quantitative estimate of drug-likeness (QED) is 0.758. The highest BCUT2D eigenvalue weighted by Gasteiger charge is 2.32. The Balaban J connectivity index is 1.31. The van der Waals surface area contributed by atoms with Crippen LogP contribution in [-0.4, -0.2) is 55.7 Å². The Kier molecular flexibility index (Phi) is 5.23. The standard InChI is InChI=1S/C25H32N2O2/c1-26-16-19-15-23(29-22-11-13-27(14-12-22)20-5-6-20)9-10-24(19)25(17-26)18-3-7-21(28-2)8-4-18/h3-4,7-10,15,20,22,25H,5-6,11-14,16-17H2,1-2H3. The minimum Gasteiger partial charge on any atom is -0.497 e. The Morgan fingerprint density at radius 3 is 2.31 bits per heavy atom. The molecule has 1 saturated carbocycles. The number of hydrogen-bond donors (Lipinski definition) is 0. The van der Waals surface area contributed by atoms with Crippen molar-refractivity contribution in [3.63, 3.8) is 0 Å². The van der Waals surface area contributed by atoms with E-state index in [0.29, 0.717) is 12.0 Å². The Labute approximate surface area is 174 Å². The number of benzene rings is 2. The van der Waals surface area contributed by atoms with Crippen LogP contribution in [-0.2, 0) is 6.54 Å². The first-order chi connectivity index (χ1) is 14.2. The van der Waals surface area contributed by atoms with Gasteiger partial charge in [-0.05, 0) is 73.7 Å². The average molecular weight is 393 g/mol. The van der Waals surface area contributed by atoms with Crippen molar-refractivity contribution in [2.24, 2.45) is 0 Å². The highest BCUT2D eigenvalue weighted by molar-refractivity contribution is 5.45. The number of fused-ring (bicyclic) bond motifs is 1. The molecule has 0 radical (unpaired) electrons. The first-order valence-electron chi connectivity index (χ1n) is 11.1. The predicted octanol–water partition coefficient (Wildman–Crippen LogP) is 4.28. The van der Waals surface area contributed by atoms with Crippen molar-refractivity contribution in [3.8, 4) is 11.5 Å². The van der Waals surface area contributed by atoms with Gasteiger partial charge in [-0.3, -0.25) is 0 Å². The van der Waals surface area contributed by atoms with E-state index >= 15 is 0 Å². The smallest absolute Gasteiger partial charge is 0.120 e. The second kappa shape index (κ2) is 8.00. The number of ether oxygens (including phenoxy) is 2. The number of rotatable bonds is 5. The number of piperidine rings is 1. The van der Waals surface area contributed by atoms with E-state index < -0.39 is 0 Å². The summed E-state index contributed by atoms with van der Waals surface area (Å²) in [6, 6.07) is 16.2. The molecule has 4 heteroatoms. The first kappa shape index (κ1) is 19.0. The minimum absolute atomic E-state index is 0.363. The van der Waals surface area contributed by atoms with Crippen molar-refractivity contribution in [2.45, 2.75) is 50.3 Å². The van der Waals surface area contributed by atoms with E-state index in [0.717, 1.165) is 43.5 Å². The Bertz CT molecular complexity index is 838. The zero-order chi connectivity index (χ0) is 19.8. The summed E-state index contributed by atoms with van der Waals surface area (Å²) in [6.07, 6.45) is 5.48. The van der Waals surface area contributed by atoms with Crippen LogP contribution < -0.4 is 9.47 Å². The number of hydrogen-bond acceptors (Lipinski definition) is 4. The van der Waals surface area contributed by atoms with Crippen LogP contribution >= 0.6 is 0 Å². The van der Waals surface area contributed by atoms with Gasteiger partial charge in [-0.15, -0.1) is 0 Å². The van der Waals surface area contributed by atoms with Crippen LogP contribution in [0.3, 0.4) is 0 Å². The molecule has 0 N–H and O–H groups in total. The molecule has 2 aromatic rings. The summed E-state index contributed by atoms with van der Waals surface area (Å²) >= 11 is 0. The van der Waals surface area contributed by atoms with E-state index in [1.807, 2.05) is 0 Å². The highest BCUT2D eigenvalue weighted by atomic mass is 16.5. The molecular weight excluding hydrogens is 360 g/mol. The van der Waals surface area contributed by atoms with Gasteiger partial charge in [0, 0.05) is 38.1 Å². The fourth-order valence-electron chi connectivity index (χ4n) is 5.01. The number of likely N-dealkylation sites (N-methyl/N-ethyl adjacent to an activating group) is 1. The highest BCUT2D eigenvalue weighted by Crippen LogP contribution is 2.36. The third kappa shape index (κ3) is 4.15. The molecule has 4 nitrogen and oxygen atoms in total. The molecule has 29 heavy (non-hydrogen) atoms. The van der Waals surface area contributed by atoms with Gasteiger partial charge in [-0.2, -0.15) is 0 Å². The van der Waals surface area contributed by atoms with Gasteiger partial charge in [0.2, 0.25) is 0 Å². The topological polar surface area (TPSA) is 24.9 Å². The van der Waals surface area contributed by atoms with Crippen LogP contribution in [0.4, 0.5) is 0 Å². The van der Waals surface area contributed by atoms with Gasteiger partial charge < -0.3 is 19.3 Å². The number of nitrogens with zero attached hydrogens (tertiary/aromatic N) is 2. The third-order valence-electron chi connectivity index (χ3n) is 6.79. The van der Waals surface area contributed by atoms with Gasteiger partial charge >= 0.3 is 0 Å². The van der Waals surface area contributed by atoms with E-state index in [9.17, 15) is 0 Å². The largest absolute Gasteiger partial charge is 0.497 e. The summed E-state index contributed by atoms with van der Waals surface area (Å²) in [4.78, 5) is 5.07. The molecule has 154 valence electrons.